The summed E-state index contributed by atoms with van der Waals surface area (Å²) in [7, 11) is 1.52. The monoisotopic (exact) mass is 307 g/mol. The third-order valence-electron chi connectivity index (χ3n) is 3.93. The Hall–Kier alpha value is -1.89. The van der Waals surface area contributed by atoms with Crippen molar-refractivity contribution >= 4 is 11.2 Å². The third-order valence-corrected chi connectivity index (χ3v) is 3.93. The Morgan fingerprint density at radius 3 is 2.45 bits per heavy atom. The molecule has 0 bridgehead atoms. The van der Waals surface area contributed by atoms with E-state index in [0.717, 1.165) is 18.7 Å². The van der Waals surface area contributed by atoms with Crippen LogP contribution in [-0.2, 0) is 20.0 Å². The summed E-state index contributed by atoms with van der Waals surface area (Å²) in [5.41, 5.74) is 5.97. The van der Waals surface area contributed by atoms with Crippen LogP contribution in [-0.4, -0.2) is 25.2 Å². The summed E-state index contributed by atoms with van der Waals surface area (Å²) in [6.45, 7) is 7.17. The molecular weight excluding hydrogens is 282 g/mol. The minimum absolute atomic E-state index is 0.0566. The predicted molar refractivity (Wildman–Crippen MR) is 87.3 cm³/mol. The largest absolute Gasteiger partial charge is 0.332 e. The molecule has 0 unspecified atom stereocenters. The molecule has 0 aliphatic rings. The fourth-order valence-electron chi connectivity index (χ4n) is 2.75. The first-order valence-electron chi connectivity index (χ1n) is 7.84. The number of nitrogens with zero attached hydrogens (tertiary/aromatic N) is 4. The van der Waals surface area contributed by atoms with Gasteiger partial charge in [0, 0.05) is 26.1 Å². The number of aromatic nitrogens is 4. The molecule has 0 amide bonds. The van der Waals surface area contributed by atoms with Crippen LogP contribution < -0.4 is 17.0 Å². The zero-order valence-corrected chi connectivity index (χ0v) is 13.8. The van der Waals surface area contributed by atoms with Crippen molar-refractivity contribution in [1.29, 1.82) is 0 Å². The summed E-state index contributed by atoms with van der Waals surface area (Å²) in [5.74, 6) is 0.837. The molecule has 0 aliphatic heterocycles. The summed E-state index contributed by atoms with van der Waals surface area (Å²) >= 11 is 0. The number of rotatable bonds is 6. The van der Waals surface area contributed by atoms with E-state index in [1.54, 1.807) is 4.57 Å². The maximum absolute atomic E-state index is 12.6. The molecule has 0 aliphatic carbocycles. The average Bonchev–Trinajstić information content (AvgIpc) is 2.83. The van der Waals surface area contributed by atoms with Crippen LogP contribution in [0.4, 0.5) is 0 Å². The SMILES string of the molecule is CCc1nc2c(c(=O)n(C)c(=O)n2C(C)C)n1CCCCN. The number of fused-ring (bicyclic) bond motifs is 1. The Labute approximate surface area is 129 Å². The molecule has 22 heavy (non-hydrogen) atoms. The molecular formula is C15H25N5O2. The molecule has 122 valence electrons. The summed E-state index contributed by atoms with van der Waals surface area (Å²) in [6, 6.07) is -0.0566. The van der Waals surface area contributed by atoms with Gasteiger partial charge in [-0.3, -0.25) is 13.9 Å². The Bertz CT molecular complexity index is 782. The molecule has 0 saturated carbocycles. The zero-order valence-electron chi connectivity index (χ0n) is 13.8. The molecule has 0 radical (unpaired) electrons. The van der Waals surface area contributed by atoms with E-state index in [2.05, 4.69) is 4.98 Å². The van der Waals surface area contributed by atoms with E-state index in [9.17, 15) is 9.59 Å². The maximum atomic E-state index is 12.6. The van der Waals surface area contributed by atoms with E-state index in [0.29, 0.717) is 30.7 Å². The van der Waals surface area contributed by atoms with Crippen LogP contribution in [0.15, 0.2) is 9.59 Å². The van der Waals surface area contributed by atoms with Crippen LogP contribution in [0.25, 0.3) is 11.2 Å². The molecule has 0 fully saturated rings. The van der Waals surface area contributed by atoms with Crippen molar-refractivity contribution in [1.82, 2.24) is 18.7 Å². The fourth-order valence-corrected chi connectivity index (χ4v) is 2.75. The third kappa shape index (κ3) is 2.61. The summed E-state index contributed by atoms with van der Waals surface area (Å²) in [5, 5.41) is 0. The van der Waals surface area contributed by atoms with Crippen molar-refractivity contribution in [3.8, 4) is 0 Å². The van der Waals surface area contributed by atoms with Gasteiger partial charge in [0.1, 0.15) is 5.82 Å². The van der Waals surface area contributed by atoms with Crippen LogP contribution in [0, 0.1) is 0 Å². The first kappa shape index (κ1) is 16.5. The van der Waals surface area contributed by atoms with Crippen molar-refractivity contribution in [2.24, 2.45) is 12.8 Å². The second-order valence-electron chi connectivity index (χ2n) is 5.81. The van der Waals surface area contributed by atoms with Gasteiger partial charge in [-0.05, 0) is 33.2 Å². The van der Waals surface area contributed by atoms with E-state index in [4.69, 9.17) is 5.73 Å². The topological polar surface area (TPSA) is 87.8 Å². The second-order valence-corrected chi connectivity index (χ2v) is 5.81. The molecule has 2 heterocycles. The highest BCUT2D eigenvalue weighted by molar-refractivity contribution is 5.71. The molecule has 0 saturated heterocycles. The van der Waals surface area contributed by atoms with Crippen molar-refractivity contribution in [2.75, 3.05) is 6.54 Å². The molecule has 0 spiro atoms. The Balaban J connectivity index is 2.80. The summed E-state index contributed by atoms with van der Waals surface area (Å²) < 4.78 is 4.71. The van der Waals surface area contributed by atoms with E-state index < -0.39 is 0 Å². The first-order chi connectivity index (χ1) is 10.4. The van der Waals surface area contributed by atoms with Crippen molar-refractivity contribution < 1.29 is 0 Å². The molecule has 2 aromatic heterocycles. The van der Waals surface area contributed by atoms with Gasteiger partial charge in [0.25, 0.3) is 5.56 Å². The number of imidazole rings is 1. The molecule has 2 N–H and O–H groups in total. The maximum Gasteiger partial charge on any atom is 0.332 e. The van der Waals surface area contributed by atoms with E-state index in [1.807, 2.05) is 25.3 Å². The molecule has 2 aromatic rings. The van der Waals surface area contributed by atoms with Crippen LogP contribution in [0.3, 0.4) is 0 Å². The highest BCUT2D eigenvalue weighted by atomic mass is 16.2. The van der Waals surface area contributed by atoms with Gasteiger partial charge in [0.2, 0.25) is 0 Å². The van der Waals surface area contributed by atoms with Crippen molar-refractivity contribution in [3.63, 3.8) is 0 Å². The van der Waals surface area contributed by atoms with Gasteiger partial charge in [0.05, 0.1) is 0 Å². The number of hydrogen-bond acceptors (Lipinski definition) is 4. The quantitative estimate of drug-likeness (QED) is 0.799. The van der Waals surface area contributed by atoms with Crippen LogP contribution in [0.1, 0.15) is 45.5 Å². The molecule has 7 heteroatoms. The molecule has 7 nitrogen and oxygen atoms in total. The summed E-state index contributed by atoms with van der Waals surface area (Å²) in [4.78, 5) is 29.5. The Kier molecular flexibility index (Phi) is 4.85. The van der Waals surface area contributed by atoms with E-state index in [1.165, 1.54) is 11.6 Å². The normalized spacial score (nSPS) is 11.7. The number of nitrogens with two attached hydrogens (primary N) is 1. The highest BCUT2D eigenvalue weighted by Gasteiger charge is 2.20. The lowest BCUT2D eigenvalue weighted by Crippen LogP contribution is -2.39. The molecule has 2 rings (SSSR count). The Morgan fingerprint density at radius 2 is 1.91 bits per heavy atom. The predicted octanol–water partition coefficient (Wildman–Crippen LogP) is 0.779. The second kappa shape index (κ2) is 6.48. The summed E-state index contributed by atoms with van der Waals surface area (Å²) in [6.07, 6.45) is 2.50. The minimum Gasteiger partial charge on any atom is -0.330 e. The van der Waals surface area contributed by atoms with Gasteiger partial charge in [0.15, 0.2) is 11.2 Å². The average molecular weight is 307 g/mol. The first-order valence-corrected chi connectivity index (χ1v) is 7.84. The number of aryl methyl sites for hydroxylation is 2. The van der Waals surface area contributed by atoms with Crippen LogP contribution >= 0.6 is 0 Å². The van der Waals surface area contributed by atoms with E-state index in [-0.39, 0.29) is 17.3 Å². The fraction of sp³-hybridized carbons (Fsp3) is 0.667. The highest BCUT2D eigenvalue weighted by Crippen LogP contribution is 2.16. The van der Waals surface area contributed by atoms with Gasteiger partial charge in [-0.2, -0.15) is 0 Å². The van der Waals surface area contributed by atoms with E-state index >= 15 is 0 Å². The Morgan fingerprint density at radius 1 is 1.23 bits per heavy atom. The zero-order chi connectivity index (χ0) is 16.4. The smallest absolute Gasteiger partial charge is 0.330 e. The number of hydrogen-bond donors (Lipinski definition) is 1. The minimum atomic E-state index is -0.318. The van der Waals surface area contributed by atoms with Gasteiger partial charge < -0.3 is 10.3 Å². The van der Waals surface area contributed by atoms with Gasteiger partial charge in [-0.25, -0.2) is 9.78 Å². The van der Waals surface area contributed by atoms with Gasteiger partial charge in [-0.1, -0.05) is 6.92 Å². The lowest BCUT2D eigenvalue weighted by Gasteiger charge is -2.13. The lowest BCUT2D eigenvalue weighted by atomic mass is 10.3. The molecule has 0 atom stereocenters. The van der Waals surface area contributed by atoms with Crippen molar-refractivity contribution in [3.05, 3.63) is 26.7 Å². The number of unbranched alkanes of at least 4 members (excludes halogenated alkanes) is 1. The van der Waals surface area contributed by atoms with Crippen LogP contribution in [0.2, 0.25) is 0 Å². The van der Waals surface area contributed by atoms with Crippen molar-refractivity contribution in [2.45, 2.75) is 52.6 Å². The van der Waals surface area contributed by atoms with Crippen LogP contribution in [0.5, 0.6) is 0 Å². The standard InChI is InChI=1S/C15H25N5O2/c1-5-11-17-13-12(19(11)9-7-6-8-16)14(21)18(4)15(22)20(13)10(2)3/h10H,5-9,16H2,1-4H3. The lowest BCUT2D eigenvalue weighted by molar-refractivity contribution is 0.550. The van der Waals surface area contributed by atoms with Gasteiger partial charge in [-0.15, -0.1) is 0 Å². The molecule has 0 aromatic carbocycles. The van der Waals surface area contributed by atoms with Gasteiger partial charge >= 0.3 is 5.69 Å².